The molecule has 24 heavy (non-hydrogen) atoms. The second-order valence-electron chi connectivity index (χ2n) is 7.04. The summed E-state index contributed by atoms with van der Waals surface area (Å²) in [7, 11) is 0. The Morgan fingerprint density at radius 1 is 1.00 bits per heavy atom. The van der Waals surface area contributed by atoms with Gasteiger partial charge in [0.05, 0.1) is 6.26 Å². The van der Waals surface area contributed by atoms with Gasteiger partial charge in [-0.05, 0) is 44.2 Å². The monoisotopic (exact) mass is 332 g/mol. The van der Waals surface area contributed by atoms with Gasteiger partial charge in [0.15, 0.2) is 5.76 Å². The highest BCUT2D eigenvalue weighted by Crippen LogP contribution is 2.22. The first-order valence-electron chi connectivity index (χ1n) is 9.40. The maximum Gasteiger partial charge on any atom is 0.290 e. The van der Waals surface area contributed by atoms with E-state index in [2.05, 4.69) is 5.32 Å². The summed E-state index contributed by atoms with van der Waals surface area (Å²) in [6, 6.07) is 3.28. The van der Waals surface area contributed by atoms with Crippen LogP contribution >= 0.6 is 0 Å². The first kappa shape index (κ1) is 17.1. The van der Waals surface area contributed by atoms with Crippen LogP contribution in [0.3, 0.4) is 0 Å². The molecule has 3 rings (SSSR count). The minimum absolute atomic E-state index is 0.0141. The summed E-state index contributed by atoms with van der Waals surface area (Å²) in [5.74, 6) is 0.165. The highest BCUT2D eigenvalue weighted by Gasteiger charge is 2.34. The Morgan fingerprint density at radius 3 is 2.42 bits per heavy atom. The fraction of sp³-hybridized carbons (Fsp3) is 0.684. The summed E-state index contributed by atoms with van der Waals surface area (Å²) in [6.45, 7) is 0.627. The van der Waals surface area contributed by atoms with Crippen LogP contribution in [0, 0.1) is 0 Å². The van der Waals surface area contributed by atoms with Crippen molar-refractivity contribution in [2.24, 2.45) is 0 Å². The molecule has 5 heteroatoms. The zero-order chi connectivity index (χ0) is 16.8. The predicted molar refractivity (Wildman–Crippen MR) is 91.6 cm³/mol. The molecule has 1 aromatic rings. The fourth-order valence-electron chi connectivity index (χ4n) is 3.89. The van der Waals surface area contributed by atoms with Gasteiger partial charge in [-0.25, -0.2) is 0 Å². The third kappa shape index (κ3) is 4.19. The molecule has 0 aromatic carbocycles. The van der Waals surface area contributed by atoms with Gasteiger partial charge < -0.3 is 14.6 Å². The topological polar surface area (TPSA) is 62.6 Å². The molecule has 5 nitrogen and oxygen atoms in total. The number of carbonyl (C=O) groups excluding carboxylic acids is 2. The second-order valence-corrected chi connectivity index (χ2v) is 7.04. The van der Waals surface area contributed by atoms with Gasteiger partial charge in [-0.1, -0.05) is 32.1 Å². The molecule has 1 aliphatic carbocycles. The van der Waals surface area contributed by atoms with Crippen LogP contribution in [0.2, 0.25) is 0 Å². The lowest BCUT2D eigenvalue weighted by Crippen LogP contribution is -2.53. The number of nitrogens with zero attached hydrogens (tertiary/aromatic N) is 1. The SMILES string of the molecule is O=C(NC1CCCCCCC1)C1CCCCN1C(=O)c1ccco1. The van der Waals surface area contributed by atoms with Crippen LogP contribution in [-0.2, 0) is 4.79 Å². The van der Waals surface area contributed by atoms with Crippen molar-refractivity contribution in [3.05, 3.63) is 24.2 Å². The number of piperidine rings is 1. The predicted octanol–water partition coefficient (Wildman–Crippen LogP) is 3.50. The van der Waals surface area contributed by atoms with Crippen LogP contribution in [0.5, 0.6) is 0 Å². The first-order chi connectivity index (χ1) is 11.8. The average Bonchev–Trinajstić information content (AvgIpc) is 3.11. The molecule has 1 N–H and O–H groups in total. The van der Waals surface area contributed by atoms with E-state index in [4.69, 9.17) is 4.42 Å². The van der Waals surface area contributed by atoms with Crippen LogP contribution in [0.15, 0.2) is 22.8 Å². The first-order valence-corrected chi connectivity index (χ1v) is 9.40. The number of carbonyl (C=O) groups is 2. The molecule has 0 radical (unpaired) electrons. The number of likely N-dealkylation sites (tertiary alicyclic amines) is 1. The number of amides is 2. The number of hydrogen-bond acceptors (Lipinski definition) is 3. The molecule has 2 fully saturated rings. The summed E-state index contributed by atoms with van der Waals surface area (Å²) in [6.07, 6.45) is 12.5. The number of nitrogens with one attached hydrogen (secondary N) is 1. The van der Waals surface area contributed by atoms with E-state index in [1.54, 1.807) is 17.0 Å². The molecule has 1 saturated carbocycles. The van der Waals surface area contributed by atoms with Crippen molar-refractivity contribution < 1.29 is 14.0 Å². The molecule has 0 spiro atoms. The molecule has 2 aliphatic rings. The van der Waals surface area contributed by atoms with E-state index in [1.807, 2.05) is 0 Å². The maximum absolute atomic E-state index is 12.8. The molecule has 2 heterocycles. The van der Waals surface area contributed by atoms with Crippen LogP contribution in [0.25, 0.3) is 0 Å². The standard InChI is InChI=1S/C19H28N2O3/c22-18(20-15-9-4-2-1-3-5-10-15)16-11-6-7-13-21(16)19(23)17-12-8-14-24-17/h8,12,14-16H,1-7,9-11,13H2,(H,20,22). The van der Waals surface area contributed by atoms with Crippen LogP contribution in [0.4, 0.5) is 0 Å². The minimum atomic E-state index is -0.359. The number of furan rings is 1. The van der Waals surface area contributed by atoms with Crippen molar-refractivity contribution in [3.63, 3.8) is 0 Å². The lowest BCUT2D eigenvalue weighted by molar-refractivity contribution is -0.127. The van der Waals surface area contributed by atoms with Crippen molar-refractivity contribution >= 4 is 11.8 Å². The molecule has 1 saturated heterocycles. The van der Waals surface area contributed by atoms with Crippen LogP contribution < -0.4 is 5.32 Å². The molecule has 1 atom stereocenters. The lowest BCUT2D eigenvalue weighted by Gasteiger charge is -2.35. The lowest BCUT2D eigenvalue weighted by atomic mass is 9.95. The maximum atomic E-state index is 12.8. The van der Waals surface area contributed by atoms with Gasteiger partial charge in [-0.2, -0.15) is 0 Å². The minimum Gasteiger partial charge on any atom is -0.459 e. The molecule has 0 bridgehead atoms. The highest BCUT2D eigenvalue weighted by molar-refractivity contribution is 5.95. The van der Waals surface area contributed by atoms with Crippen molar-refractivity contribution in [2.75, 3.05) is 6.54 Å². The zero-order valence-electron chi connectivity index (χ0n) is 14.3. The van der Waals surface area contributed by atoms with Crippen molar-refractivity contribution in [2.45, 2.75) is 76.3 Å². The zero-order valence-corrected chi connectivity index (χ0v) is 14.3. The Morgan fingerprint density at radius 2 is 1.71 bits per heavy atom. The Balaban J connectivity index is 1.63. The van der Waals surface area contributed by atoms with Gasteiger partial charge in [0, 0.05) is 12.6 Å². The fourth-order valence-corrected chi connectivity index (χ4v) is 3.89. The molecular weight excluding hydrogens is 304 g/mol. The summed E-state index contributed by atoms with van der Waals surface area (Å²) in [5, 5.41) is 3.22. The molecule has 132 valence electrons. The molecular formula is C19H28N2O3. The summed E-state index contributed by atoms with van der Waals surface area (Å²) < 4.78 is 5.23. The highest BCUT2D eigenvalue weighted by atomic mass is 16.3. The van der Waals surface area contributed by atoms with E-state index in [1.165, 1.54) is 38.4 Å². The van der Waals surface area contributed by atoms with Crippen LogP contribution in [0.1, 0.15) is 74.8 Å². The third-order valence-electron chi connectivity index (χ3n) is 5.25. The van der Waals surface area contributed by atoms with E-state index in [0.29, 0.717) is 12.3 Å². The van der Waals surface area contributed by atoms with Crippen molar-refractivity contribution in [3.8, 4) is 0 Å². The van der Waals surface area contributed by atoms with E-state index < -0.39 is 0 Å². The molecule has 1 aromatic heterocycles. The normalized spacial score (nSPS) is 23.3. The summed E-state index contributed by atoms with van der Waals surface area (Å²) in [5.41, 5.74) is 0. The van der Waals surface area contributed by atoms with Gasteiger partial charge in [-0.15, -0.1) is 0 Å². The van der Waals surface area contributed by atoms with Crippen molar-refractivity contribution in [1.29, 1.82) is 0 Å². The Hall–Kier alpha value is -1.78. The Kier molecular flexibility index (Phi) is 5.94. The summed E-state index contributed by atoms with van der Waals surface area (Å²) >= 11 is 0. The van der Waals surface area contributed by atoms with Crippen LogP contribution in [-0.4, -0.2) is 35.3 Å². The average molecular weight is 332 g/mol. The Bertz CT molecular complexity index is 533. The van der Waals surface area contributed by atoms with E-state index in [-0.39, 0.29) is 23.9 Å². The van der Waals surface area contributed by atoms with E-state index in [0.717, 1.165) is 32.1 Å². The van der Waals surface area contributed by atoms with Gasteiger partial charge >= 0.3 is 0 Å². The second kappa shape index (κ2) is 8.36. The molecule has 2 amide bonds. The largest absolute Gasteiger partial charge is 0.459 e. The van der Waals surface area contributed by atoms with E-state index >= 15 is 0 Å². The van der Waals surface area contributed by atoms with Gasteiger partial charge in [0.2, 0.25) is 5.91 Å². The number of hydrogen-bond donors (Lipinski definition) is 1. The number of rotatable bonds is 3. The third-order valence-corrected chi connectivity index (χ3v) is 5.25. The molecule has 1 unspecified atom stereocenters. The summed E-state index contributed by atoms with van der Waals surface area (Å²) in [4.78, 5) is 27.1. The van der Waals surface area contributed by atoms with Gasteiger partial charge in [0.25, 0.3) is 5.91 Å². The van der Waals surface area contributed by atoms with Gasteiger partial charge in [-0.3, -0.25) is 9.59 Å². The Labute approximate surface area is 143 Å². The molecule has 1 aliphatic heterocycles. The van der Waals surface area contributed by atoms with Crippen molar-refractivity contribution in [1.82, 2.24) is 10.2 Å². The van der Waals surface area contributed by atoms with Gasteiger partial charge in [0.1, 0.15) is 6.04 Å². The van der Waals surface area contributed by atoms with E-state index in [9.17, 15) is 9.59 Å². The smallest absolute Gasteiger partial charge is 0.290 e. The quantitative estimate of drug-likeness (QED) is 0.921.